The van der Waals surface area contributed by atoms with Crippen LogP contribution in [0.3, 0.4) is 0 Å². The first-order chi connectivity index (χ1) is 8.10. The quantitative estimate of drug-likeness (QED) is 0.838. The van der Waals surface area contributed by atoms with Gasteiger partial charge in [0.05, 0.1) is 18.1 Å². The van der Waals surface area contributed by atoms with Gasteiger partial charge in [-0.1, -0.05) is 13.8 Å². The average Bonchev–Trinajstić information content (AvgIpc) is 2.72. The van der Waals surface area contributed by atoms with Gasteiger partial charge in [0.1, 0.15) is 5.82 Å². The van der Waals surface area contributed by atoms with E-state index in [4.69, 9.17) is 0 Å². The summed E-state index contributed by atoms with van der Waals surface area (Å²) in [5, 5.41) is 2.61. The van der Waals surface area contributed by atoms with Crippen molar-refractivity contribution in [3.8, 4) is 0 Å². The SMILES string of the molecule is COC(=O)Nc1ccc2nc(C(C)C)[nH]c2c1. The molecule has 0 atom stereocenters. The predicted molar refractivity (Wildman–Crippen MR) is 66.2 cm³/mol. The Balaban J connectivity index is 2.33. The molecule has 90 valence electrons. The minimum absolute atomic E-state index is 0.347. The Morgan fingerprint density at radius 1 is 1.47 bits per heavy atom. The molecule has 1 amide bonds. The third-order valence-electron chi connectivity index (χ3n) is 2.48. The molecular formula is C12H15N3O2. The molecule has 5 nitrogen and oxygen atoms in total. The molecule has 17 heavy (non-hydrogen) atoms. The summed E-state index contributed by atoms with van der Waals surface area (Å²) >= 11 is 0. The number of amides is 1. The second-order valence-electron chi connectivity index (χ2n) is 4.13. The highest BCUT2D eigenvalue weighted by Gasteiger charge is 2.07. The smallest absolute Gasteiger partial charge is 0.411 e. The summed E-state index contributed by atoms with van der Waals surface area (Å²) < 4.78 is 4.53. The maximum atomic E-state index is 11.1. The summed E-state index contributed by atoms with van der Waals surface area (Å²) in [6.45, 7) is 4.15. The van der Waals surface area contributed by atoms with Crippen LogP contribution in [0.4, 0.5) is 10.5 Å². The van der Waals surface area contributed by atoms with Crippen molar-refractivity contribution in [1.82, 2.24) is 9.97 Å². The van der Waals surface area contributed by atoms with E-state index in [1.54, 1.807) is 6.07 Å². The molecule has 0 bridgehead atoms. The van der Waals surface area contributed by atoms with Crippen molar-refractivity contribution in [3.05, 3.63) is 24.0 Å². The number of nitrogens with one attached hydrogen (secondary N) is 2. The maximum Gasteiger partial charge on any atom is 0.411 e. The van der Waals surface area contributed by atoms with Crippen molar-refractivity contribution in [3.63, 3.8) is 0 Å². The molecule has 1 aromatic carbocycles. The lowest BCUT2D eigenvalue weighted by atomic mass is 10.2. The first-order valence-corrected chi connectivity index (χ1v) is 5.45. The molecule has 0 radical (unpaired) electrons. The number of hydrogen-bond donors (Lipinski definition) is 2. The number of carbonyl (C=O) groups is 1. The minimum atomic E-state index is -0.479. The van der Waals surface area contributed by atoms with Crippen molar-refractivity contribution < 1.29 is 9.53 Å². The summed E-state index contributed by atoms with van der Waals surface area (Å²) in [7, 11) is 1.33. The minimum Gasteiger partial charge on any atom is -0.453 e. The van der Waals surface area contributed by atoms with Gasteiger partial charge in [0.15, 0.2) is 0 Å². The Labute approximate surface area is 99.2 Å². The number of anilines is 1. The number of rotatable bonds is 2. The molecule has 0 spiro atoms. The number of fused-ring (bicyclic) bond motifs is 1. The Morgan fingerprint density at radius 2 is 2.24 bits per heavy atom. The van der Waals surface area contributed by atoms with Crippen molar-refractivity contribution >= 4 is 22.8 Å². The van der Waals surface area contributed by atoms with E-state index < -0.39 is 6.09 Å². The fourth-order valence-corrected chi connectivity index (χ4v) is 1.55. The lowest BCUT2D eigenvalue weighted by Gasteiger charge is -2.02. The average molecular weight is 233 g/mol. The lowest BCUT2D eigenvalue weighted by Crippen LogP contribution is -2.10. The molecule has 1 heterocycles. The maximum absolute atomic E-state index is 11.1. The van der Waals surface area contributed by atoms with Crippen molar-refractivity contribution in [2.45, 2.75) is 19.8 Å². The van der Waals surface area contributed by atoms with Gasteiger partial charge in [0.2, 0.25) is 0 Å². The number of aromatic nitrogens is 2. The Bertz CT molecular complexity index is 546. The van der Waals surface area contributed by atoms with Crippen LogP contribution in [0.5, 0.6) is 0 Å². The van der Waals surface area contributed by atoms with E-state index in [1.165, 1.54) is 7.11 Å². The summed E-state index contributed by atoms with van der Waals surface area (Å²) in [5.74, 6) is 1.29. The number of ether oxygens (including phenoxy) is 1. The molecule has 0 aliphatic rings. The Morgan fingerprint density at radius 3 is 2.88 bits per heavy atom. The summed E-state index contributed by atoms with van der Waals surface area (Å²) in [5.41, 5.74) is 2.48. The third-order valence-corrected chi connectivity index (χ3v) is 2.48. The number of benzene rings is 1. The number of methoxy groups -OCH3 is 1. The van der Waals surface area contributed by atoms with Crippen LogP contribution in [0, 0.1) is 0 Å². The van der Waals surface area contributed by atoms with Crippen LogP contribution in [0.15, 0.2) is 18.2 Å². The van der Waals surface area contributed by atoms with E-state index >= 15 is 0 Å². The molecule has 0 saturated carbocycles. The second kappa shape index (κ2) is 4.45. The normalized spacial score (nSPS) is 10.8. The fraction of sp³-hybridized carbons (Fsp3) is 0.333. The molecule has 0 unspecified atom stereocenters. The van der Waals surface area contributed by atoms with Crippen molar-refractivity contribution in [2.24, 2.45) is 0 Å². The van der Waals surface area contributed by atoms with Crippen LogP contribution in [0.2, 0.25) is 0 Å². The number of hydrogen-bond acceptors (Lipinski definition) is 3. The van der Waals surface area contributed by atoms with Crippen LogP contribution < -0.4 is 5.32 Å². The molecule has 5 heteroatoms. The number of aromatic amines is 1. The fourth-order valence-electron chi connectivity index (χ4n) is 1.55. The van der Waals surface area contributed by atoms with Gasteiger partial charge in [-0.2, -0.15) is 0 Å². The largest absolute Gasteiger partial charge is 0.453 e. The first kappa shape index (κ1) is 11.4. The zero-order chi connectivity index (χ0) is 12.4. The van der Waals surface area contributed by atoms with Gasteiger partial charge in [-0.25, -0.2) is 9.78 Å². The van der Waals surface area contributed by atoms with Crippen molar-refractivity contribution in [1.29, 1.82) is 0 Å². The van der Waals surface area contributed by atoms with Gasteiger partial charge in [-0.05, 0) is 18.2 Å². The van der Waals surface area contributed by atoms with E-state index in [0.717, 1.165) is 16.9 Å². The van der Waals surface area contributed by atoms with Crippen LogP contribution in [-0.2, 0) is 4.74 Å². The molecule has 2 N–H and O–H groups in total. The zero-order valence-electron chi connectivity index (χ0n) is 10.1. The Hall–Kier alpha value is -2.04. The van der Waals surface area contributed by atoms with Crippen LogP contribution in [0.1, 0.15) is 25.6 Å². The summed E-state index contributed by atoms with van der Waals surface area (Å²) in [6, 6.07) is 5.50. The highest BCUT2D eigenvalue weighted by atomic mass is 16.5. The number of nitrogens with zero attached hydrogens (tertiary/aromatic N) is 1. The molecule has 2 rings (SSSR count). The molecule has 0 fully saturated rings. The van der Waals surface area contributed by atoms with E-state index in [-0.39, 0.29) is 0 Å². The number of H-pyrrole nitrogens is 1. The van der Waals surface area contributed by atoms with Gasteiger partial charge < -0.3 is 9.72 Å². The van der Waals surface area contributed by atoms with Gasteiger partial charge in [0.25, 0.3) is 0 Å². The van der Waals surface area contributed by atoms with E-state index in [2.05, 4.69) is 33.9 Å². The monoisotopic (exact) mass is 233 g/mol. The number of imidazole rings is 1. The van der Waals surface area contributed by atoms with Crippen LogP contribution in [0.25, 0.3) is 11.0 Å². The second-order valence-corrected chi connectivity index (χ2v) is 4.13. The molecular weight excluding hydrogens is 218 g/mol. The van der Waals surface area contributed by atoms with E-state index in [9.17, 15) is 4.79 Å². The van der Waals surface area contributed by atoms with Gasteiger partial charge in [0, 0.05) is 11.6 Å². The topological polar surface area (TPSA) is 67.0 Å². The first-order valence-electron chi connectivity index (χ1n) is 5.45. The molecule has 1 aromatic heterocycles. The van der Waals surface area contributed by atoms with Gasteiger partial charge in [-0.3, -0.25) is 5.32 Å². The van der Waals surface area contributed by atoms with Gasteiger partial charge in [-0.15, -0.1) is 0 Å². The zero-order valence-corrected chi connectivity index (χ0v) is 10.1. The molecule has 0 aliphatic heterocycles. The predicted octanol–water partition coefficient (Wildman–Crippen LogP) is 2.86. The highest BCUT2D eigenvalue weighted by molar-refractivity contribution is 5.88. The molecule has 2 aromatic rings. The van der Waals surface area contributed by atoms with E-state index in [1.807, 2.05) is 12.1 Å². The molecule has 0 saturated heterocycles. The summed E-state index contributed by atoms with van der Waals surface area (Å²) in [6.07, 6.45) is -0.479. The third kappa shape index (κ3) is 2.38. The van der Waals surface area contributed by atoms with Gasteiger partial charge >= 0.3 is 6.09 Å². The van der Waals surface area contributed by atoms with Crippen LogP contribution >= 0.6 is 0 Å². The standard InChI is InChI=1S/C12H15N3O2/c1-7(2)11-14-9-5-4-8(6-10(9)15-11)13-12(16)17-3/h4-7H,1-3H3,(H,13,16)(H,14,15). The molecule has 0 aliphatic carbocycles. The highest BCUT2D eigenvalue weighted by Crippen LogP contribution is 2.20. The Kier molecular flexibility index (Phi) is 2.99. The summed E-state index contributed by atoms with van der Waals surface area (Å²) in [4.78, 5) is 18.7. The lowest BCUT2D eigenvalue weighted by molar-refractivity contribution is 0.187. The van der Waals surface area contributed by atoms with Crippen LogP contribution in [-0.4, -0.2) is 23.2 Å². The van der Waals surface area contributed by atoms with E-state index in [0.29, 0.717) is 11.6 Å². The van der Waals surface area contributed by atoms with Crippen molar-refractivity contribution in [2.75, 3.05) is 12.4 Å². The number of carbonyl (C=O) groups excluding carboxylic acids is 1.